The van der Waals surface area contributed by atoms with Gasteiger partial charge in [0.25, 0.3) is 6.47 Å². The Hall–Kier alpha value is -2.70. The van der Waals surface area contributed by atoms with Gasteiger partial charge in [0.1, 0.15) is 0 Å². The molecule has 3 heterocycles. The van der Waals surface area contributed by atoms with Gasteiger partial charge in [0.15, 0.2) is 5.65 Å². The van der Waals surface area contributed by atoms with Crippen molar-refractivity contribution < 1.29 is 9.90 Å². The standard InChI is InChI=1S/C17H21N5.CH2O2/c1-11-8-15(13-9-18-21(3)10-13)19-17-16(11)12(2)20-22(17)14-6-4-5-7-14;2-1-3/h8-10,14H,4-7H2,1-3H3;1H,(H,2,3). The summed E-state index contributed by atoms with van der Waals surface area (Å²) in [4.78, 5) is 13.3. The normalized spacial score (nSPS) is 14.5. The van der Waals surface area contributed by atoms with E-state index in [-0.39, 0.29) is 6.47 Å². The van der Waals surface area contributed by atoms with Crippen LogP contribution in [0.1, 0.15) is 43.0 Å². The first-order valence-electron chi connectivity index (χ1n) is 8.48. The molecule has 0 radical (unpaired) electrons. The van der Waals surface area contributed by atoms with Crippen LogP contribution < -0.4 is 0 Å². The Morgan fingerprint density at radius 3 is 2.56 bits per heavy atom. The largest absolute Gasteiger partial charge is 0.483 e. The lowest BCUT2D eigenvalue weighted by atomic mass is 10.1. The van der Waals surface area contributed by atoms with Crippen LogP contribution in [0.5, 0.6) is 0 Å². The van der Waals surface area contributed by atoms with Crippen LogP contribution in [0.15, 0.2) is 18.5 Å². The van der Waals surface area contributed by atoms with Crippen LogP contribution in [0, 0.1) is 13.8 Å². The van der Waals surface area contributed by atoms with E-state index in [1.54, 1.807) is 0 Å². The summed E-state index contributed by atoms with van der Waals surface area (Å²) in [7, 11) is 1.93. The third kappa shape index (κ3) is 3.26. The van der Waals surface area contributed by atoms with Crippen molar-refractivity contribution in [2.45, 2.75) is 45.6 Å². The van der Waals surface area contributed by atoms with Crippen LogP contribution >= 0.6 is 0 Å². The molecule has 1 fully saturated rings. The van der Waals surface area contributed by atoms with Crippen molar-refractivity contribution in [3.63, 3.8) is 0 Å². The molecule has 1 aliphatic rings. The van der Waals surface area contributed by atoms with E-state index in [0.29, 0.717) is 6.04 Å². The number of fused-ring (bicyclic) bond motifs is 1. The Balaban J connectivity index is 0.000000569. The van der Waals surface area contributed by atoms with Crippen molar-refractivity contribution in [1.82, 2.24) is 24.5 Å². The van der Waals surface area contributed by atoms with Crippen LogP contribution in [-0.2, 0) is 11.8 Å². The molecule has 0 bridgehead atoms. The fraction of sp³-hybridized carbons (Fsp3) is 0.444. The van der Waals surface area contributed by atoms with Gasteiger partial charge in [0, 0.05) is 24.2 Å². The molecule has 0 unspecified atom stereocenters. The Morgan fingerprint density at radius 2 is 1.96 bits per heavy atom. The molecule has 132 valence electrons. The van der Waals surface area contributed by atoms with E-state index in [4.69, 9.17) is 20.0 Å². The molecule has 0 atom stereocenters. The highest BCUT2D eigenvalue weighted by Gasteiger charge is 2.22. The van der Waals surface area contributed by atoms with E-state index in [1.807, 2.05) is 24.1 Å². The zero-order chi connectivity index (χ0) is 18.0. The van der Waals surface area contributed by atoms with Crippen LogP contribution in [0.4, 0.5) is 0 Å². The van der Waals surface area contributed by atoms with Crippen molar-refractivity contribution in [2.24, 2.45) is 7.05 Å². The molecule has 3 aromatic heterocycles. The van der Waals surface area contributed by atoms with E-state index >= 15 is 0 Å². The zero-order valence-corrected chi connectivity index (χ0v) is 14.8. The van der Waals surface area contributed by atoms with Crippen molar-refractivity contribution in [3.05, 3.63) is 29.7 Å². The molecule has 1 N–H and O–H groups in total. The first kappa shape index (κ1) is 17.1. The Bertz CT molecular complexity index is 890. The van der Waals surface area contributed by atoms with E-state index in [1.165, 1.54) is 36.6 Å². The second-order valence-electron chi connectivity index (χ2n) is 6.50. The molecule has 0 aliphatic heterocycles. The average molecular weight is 341 g/mol. The molecule has 0 amide bonds. The first-order chi connectivity index (χ1) is 12.0. The van der Waals surface area contributed by atoms with Gasteiger partial charge in [-0.15, -0.1) is 0 Å². The number of carbonyl (C=O) groups is 1. The quantitative estimate of drug-likeness (QED) is 0.723. The molecule has 0 spiro atoms. The number of hydrogen-bond acceptors (Lipinski definition) is 4. The van der Waals surface area contributed by atoms with Gasteiger partial charge in [0.05, 0.1) is 23.6 Å². The second-order valence-corrected chi connectivity index (χ2v) is 6.50. The van der Waals surface area contributed by atoms with Gasteiger partial charge in [-0.25, -0.2) is 9.67 Å². The van der Waals surface area contributed by atoms with Crippen molar-refractivity contribution in [1.29, 1.82) is 0 Å². The predicted molar refractivity (Wildman–Crippen MR) is 95.4 cm³/mol. The summed E-state index contributed by atoms with van der Waals surface area (Å²) >= 11 is 0. The lowest BCUT2D eigenvalue weighted by molar-refractivity contribution is -0.122. The molecule has 25 heavy (non-hydrogen) atoms. The summed E-state index contributed by atoms with van der Waals surface area (Å²) in [6.07, 6.45) is 8.91. The summed E-state index contributed by atoms with van der Waals surface area (Å²) in [5.74, 6) is 0. The molecule has 4 rings (SSSR count). The highest BCUT2D eigenvalue weighted by atomic mass is 16.3. The Morgan fingerprint density at radius 1 is 1.28 bits per heavy atom. The van der Waals surface area contributed by atoms with Crippen LogP contribution in [0.25, 0.3) is 22.3 Å². The zero-order valence-electron chi connectivity index (χ0n) is 14.8. The summed E-state index contributed by atoms with van der Waals surface area (Å²) < 4.78 is 3.99. The van der Waals surface area contributed by atoms with Crippen LogP contribution in [0.2, 0.25) is 0 Å². The molecule has 1 saturated carbocycles. The van der Waals surface area contributed by atoms with Gasteiger partial charge in [0.2, 0.25) is 0 Å². The van der Waals surface area contributed by atoms with Crippen LogP contribution in [-0.4, -0.2) is 36.1 Å². The highest BCUT2D eigenvalue weighted by Crippen LogP contribution is 2.34. The Labute approximate surface area is 146 Å². The van der Waals surface area contributed by atoms with Gasteiger partial charge in [-0.05, 0) is 38.3 Å². The fourth-order valence-corrected chi connectivity index (χ4v) is 3.63. The minimum absolute atomic E-state index is 0.250. The number of aryl methyl sites for hydroxylation is 3. The summed E-state index contributed by atoms with van der Waals surface area (Å²) in [5.41, 5.74) is 5.40. The van der Waals surface area contributed by atoms with E-state index in [2.05, 4.69) is 29.7 Å². The van der Waals surface area contributed by atoms with Gasteiger partial charge in [-0.1, -0.05) is 12.8 Å². The molecule has 7 nitrogen and oxygen atoms in total. The first-order valence-corrected chi connectivity index (χ1v) is 8.48. The highest BCUT2D eigenvalue weighted by molar-refractivity contribution is 5.84. The monoisotopic (exact) mass is 341 g/mol. The van der Waals surface area contributed by atoms with Gasteiger partial charge < -0.3 is 5.11 Å². The maximum Gasteiger partial charge on any atom is 0.290 e. The minimum Gasteiger partial charge on any atom is -0.483 e. The number of carboxylic acid groups (broad SMARTS) is 1. The molecule has 0 saturated heterocycles. The van der Waals surface area contributed by atoms with E-state index in [0.717, 1.165) is 22.6 Å². The third-order valence-electron chi connectivity index (χ3n) is 4.71. The van der Waals surface area contributed by atoms with Gasteiger partial charge >= 0.3 is 0 Å². The van der Waals surface area contributed by atoms with Crippen molar-refractivity contribution in [2.75, 3.05) is 0 Å². The third-order valence-corrected chi connectivity index (χ3v) is 4.71. The van der Waals surface area contributed by atoms with Crippen LogP contribution in [0.3, 0.4) is 0 Å². The van der Waals surface area contributed by atoms with E-state index in [9.17, 15) is 0 Å². The van der Waals surface area contributed by atoms with Gasteiger partial charge in [-0.3, -0.25) is 9.48 Å². The molecule has 3 aromatic rings. The second kappa shape index (κ2) is 7.04. The fourth-order valence-electron chi connectivity index (χ4n) is 3.63. The molecular formula is C18H23N5O2. The maximum absolute atomic E-state index is 8.36. The molecule has 7 heteroatoms. The summed E-state index contributed by atoms with van der Waals surface area (Å²) in [6, 6.07) is 2.65. The number of nitrogens with zero attached hydrogens (tertiary/aromatic N) is 5. The summed E-state index contributed by atoms with van der Waals surface area (Å²) in [5, 5.41) is 17.2. The number of hydrogen-bond donors (Lipinski definition) is 1. The predicted octanol–water partition coefficient (Wildman–Crippen LogP) is 3.26. The van der Waals surface area contributed by atoms with E-state index < -0.39 is 0 Å². The van der Waals surface area contributed by atoms with Crippen molar-refractivity contribution >= 4 is 17.5 Å². The van der Waals surface area contributed by atoms with Crippen molar-refractivity contribution in [3.8, 4) is 11.3 Å². The number of rotatable bonds is 2. The number of aromatic nitrogens is 5. The topological polar surface area (TPSA) is 85.8 Å². The molecule has 1 aliphatic carbocycles. The maximum atomic E-state index is 8.36. The van der Waals surface area contributed by atoms with Gasteiger partial charge in [-0.2, -0.15) is 10.2 Å². The minimum atomic E-state index is -0.250. The smallest absolute Gasteiger partial charge is 0.290 e. The number of pyridine rings is 1. The summed E-state index contributed by atoms with van der Waals surface area (Å²) in [6.45, 7) is 3.99. The lowest BCUT2D eigenvalue weighted by Crippen LogP contribution is -2.07. The lowest BCUT2D eigenvalue weighted by Gasteiger charge is -2.11. The SMILES string of the molecule is Cc1cc(-c2cnn(C)c2)nc2c1c(C)nn2C1CCCC1.O=CO. The molecular weight excluding hydrogens is 318 g/mol. The average Bonchev–Trinajstić information content (AvgIpc) is 3.28. The Kier molecular flexibility index (Phi) is 4.83. The molecule has 0 aromatic carbocycles.